The van der Waals surface area contributed by atoms with Crippen molar-refractivity contribution in [1.29, 1.82) is 0 Å². The van der Waals surface area contributed by atoms with E-state index in [1.54, 1.807) is 0 Å². The zero-order valence-electron chi connectivity index (χ0n) is 15.4. The quantitative estimate of drug-likeness (QED) is 0.862. The maximum absolute atomic E-state index is 12.4. The molecule has 0 radical (unpaired) electrons. The molecule has 2 fully saturated rings. The van der Waals surface area contributed by atoms with Crippen molar-refractivity contribution in [2.75, 3.05) is 26.3 Å². The van der Waals surface area contributed by atoms with Crippen LogP contribution < -0.4 is 10.6 Å². The highest BCUT2D eigenvalue weighted by Gasteiger charge is 2.31. The molecule has 2 saturated heterocycles. The average molecular weight is 345 g/mol. The van der Waals surface area contributed by atoms with E-state index in [1.807, 2.05) is 6.07 Å². The van der Waals surface area contributed by atoms with Gasteiger partial charge in [-0.2, -0.15) is 0 Å². The molecule has 2 aliphatic heterocycles. The summed E-state index contributed by atoms with van der Waals surface area (Å²) in [5.41, 5.74) is 1.33. The Balaban J connectivity index is 1.44. The van der Waals surface area contributed by atoms with Crippen molar-refractivity contribution in [1.82, 2.24) is 15.5 Å². The summed E-state index contributed by atoms with van der Waals surface area (Å²) in [6.45, 7) is 8.83. The first-order chi connectivity index (χ1) is 12.1. The van der Waals surface area contributed by atoms with Gasteiger partial charge >= 0.3 is 6.03 Å². The highest BCUT2D eigenvalue weighted by Crippen LogP contribution is 2.20. The molecule has 1 aromatic rings. The van der Waals surface area contributed by atoms with Gasteiger partial charge in [0.15, 0.2) is 0 Å². The van der Waals surface area contributed by atoms with Crippen molar-refractivity contribution >= 4 is 6.03 Å². The van der Waals surface area contributed by atoms with Crippen molar-refractivity contribution in [3.05, 3.63) is 35.9 Å². The number of hydrogen-bond acceptors (Lipinski definition) is 3. The molecule has 25 heavy (non-hydrogen) atoms. The Labute approximate surface area is 151 Å². The molecule has 3 rings (SSSR count). The minimum absolute atomic E-state index is 0.0302. The van der Waals surface area contributed by atoms with Gasteiger partial charge in [-0.15, -0.1) is 0 Å². The number of nitrogens with zero attached hydrogens (tertiary/aromatic N) is 1. The van der Waals surface area contributed by atoms with E-state index in [9.17, 15) is 4.79 Å². The fourth-order valence-corrected chi connectivity index (χ4v) is 3.98. The number of ether oxygens (including phenoxy) is 1. The van der Waals surface area contributed by atoms with E-state index in [1.165, 1.54) is 5.56 Å². The van der Waals surface area contributed by atoms with Gasteiger partial charge in [-0.1, -0.05) is 37.3 Å². The van der Waals surface area contributed by atoms with E-state index >= 15 is 0 Å². The lowest BCUT2D eigenvalue weighted by Crippen LogP contribution is -2.50. The van der Waals surface area contributed by atoms with Crippen LogP contribution in [0.25, 0.3) is 0 Å². The van der Waals surface area contributed by atoms with Crippen LogP contribution in [0, 0.1) is 11.8 Å². The van der Waals surface area contributed by atoms with Gasteiger partial charge in [-0.25, -0.2) is 4.79 Å². The van der Waals surface area contributed by atoms with Crippen LogP contribution in [0.5, 0.6) is 0 Å². The molecule has 2 N–H and O–H groups in total. The summed E-state index contributed by atoms with van der Waals surface area (Å²) in [5, 5.41) is 6.33. The number of carbonyl (C=O) groups is 1. The van der Waals surface area contributed by atoms with Crippen molar-refractivity contribution in [3.8, 4) is 0 Å². The second-order valence-corrected chi connectivity index (χ2v) is 7.62. The Morgan fingerprint density at radius 1 is 1.24 bits per heavy atom. The van der Waals surface area contributed by atoms with Crippen molar-refractivity contribution in [2.24, 2.45) is 11.8 Å². The molecular weight excluding hydrogens is 314 g/mol. The molecule has 5 heteroatoms. The minimum atomic E-state index is -0.0302. The molecule has 5 nitrogen and oxygen atoms in total. The van der Waals surface area contributed by atoms with Gasteiger partial charge in [-0.3, -0.25) is 4.90 Å². The van der Waals surface area contributed by atoms with E-state index < -0.39 is 0 Å². The first-order valence-electron chi connectivity index (χ1n) is 9.53. The maximum atomic E-state index is 12.4. The third-order valence-electron chi connectivity index (χ3n) is 5.59. The summed E-state index contributed by atoms with van der Waals surface area (Å²) in [5.74, 6) is 0.989. The Morgan fingerprint density at radius 3 is 2.68 bits per heavy atom. The number of rotatable bonds is 5. The number of nitrogens with one attached hydrogen (secondary N) is 2. The average Bonchev–Trinajstić information content (AvgIpc) is 2.95. The van der Waals surface area contributed by atoms with E-state index in [4.69, 9.17) is 4.74 Å². The Morgan fingerprint density at radius 2 is 1.96 bits per heavy atom. The van der Waals surface area contributed by atoms with Gasteiger partial charge in [-0.05, 0) is 37.2 Å². The predicted molar refractivity (Wildman–Crippen MR) is 99.3 cm³/mol. The molecule has 2 heterocycles. The van der Waals surface area contributed by atoms with Gasteiger partial charge in [0.1, 0.15) is 0 Å². The lowest BCUT2D eigenvalue weighted by Gasteiger charge is -2.29. The second kappa shape index (κ2) is 8.68. The van der Waals surface area contributed by atoms with E-state index in [0.717, 1.165) is 45.7 Å². The van der Waals surface area contributed by atoms with Crippen LogP contribution in [0.3, 0.4) is 0 Å². The standard InChI is InChI=1S/C20H31N3O2/c1-15-12-23(13-17-6-4-3-5-7-17)14-19(15)22-20(24)21-16(2)18-8-10-25-11-9-18/h3-7,15-16,18-19H,8-14H2,1-2H3,(H2,21,22,24)/t15-,16-,19+/m1/s1. The van der Waals surface area contributed by atoms with Crippen LogP contribution in [0.2, 0.25) is 0 Å². The first-order valence-corrected chi connectivity index (χ1v) is 9.53. The number of carbonyl (C=O) groups excluding carboxylic acids is 1. The lowest BCUT2D eigenvalue weighted by molar-refractivity contribution is 0.0570. The second-order valence-electron chi connectivity index (χ2n) is 7.62. The molecular formula is C20H31N3O2. The van der Waals surface area contributed by atoms with Gasteiger partial charge in [0.25, 0.3) is 0 Å². The summed E-state index contributed by atoms with van der Waals surface area (Å²) in [6, 6.07) is 10.9. The number of urea groups is 1. The molecule has 2 amide bonds. The molecule has 0 aromatic heterocycles. The van der Waals surface area contributed by atoms with Gasteiger partial charge < -0.3 is 15.4 Å². The third-order valence-corrected chi connectivity index (χ3v) is 5.59. The Bertz CT molecular complexity index is 545. The summed E-state index contributed by atoms with van der Waals surface area (Å²) in [7, 11) is 0. The number of amides is 2. The summed E-state index contributed by atoms with van der Waals surface area (Å²) in [6.07, 6.45) is 2.07. The lowest BCUT2D eigenvalue weighted by atomic mass is 9.93. The fraction of sp³-hybridized carbons (Fsp3) is 0.650. The highest BCUT2D eigenvalue weighted by atomic mass is 16.5. The van der Waals surface area contributed by atoms with Gasteiger partial charge in [0.05, 0.1) is 0 Å². The van der Waals surface area contributed by atoms with Crippen molar-refractivity contribution in [3.63, 3.8) is 0 Å². The molecule has 0 saturated carbocycles. The molecule has 138 valence electrons. The van der Waals surface area contributed by atoms with Crippen LogP contribution in [-0.4, -0.2) is 49.3 Å². The molecule has 0 bridgehead atoms. The van der Waals surface area contributed by atoms with Crippen LogP contribution in [-0.2, 0) is 11.3 Å². The van der Waals surface area contributed by atoms with Gasteiger partial charge in [0.2, 0.25) is 0 Å². The summed E-state index contributed by atoms with van der Waals surface area (Å²) in [4.78, 5) is 14.8. The SMILES string of the molecule is C[C@@H]1CN(Cc2ccccc2)C[C@@H]1NC(=O)N[C@H](C)C1CCOCC1. The normalized spacial score (nSPS) is 26.3. The van der Waals surface area contributed by atoms with E-state index in [-0.39, 0.29) is 18.1 Å². The minimum Gasteiger partial charge on any atom is -0.381 e. The number of likely N-dealkylation sites (tertiary alicyclic amines) is 1. The molecule has 3 atom stereocenters. The van der Waals surface area contributed by atoms with Crippen molar-refractivity contribution < 1.29 is 9.53 Å². The zero-order valence-corrected chi connectivity index (χ0v) is 15.4. The largest absolute Gasteiger partial charge is 0.381 e. The number of hydrogen-bond donors (Lipinski definition) is 2. The van der Waals surface area contributed by atoms with Gasteiger partial charge in [0, 0.05) is 44.9 Å². The monoisotopic (exact) mass is 345 g/mol. The summed E-state index contributed by atoms with van der Waals surface area (Å²) < 4.78 is 5.40. The Hall–Kier alpha value is -1.59. The van der Waals surface area contributed by atoms with Crippen LogP contribution in [0.1, 0.15) is 32.3 Å². The molecule has 0 aliphatic carbocycles. The Kier molecular flexibility index (Phi) is 6.32. The molecule has 0 unspecified atom stereocenters. The number of benzene rings is 1. The third kappa shape index (κ3) is 5.19. The predicted octanol–water partition coefficient (Wildman–Crippen LogP) is 2.62. The van der Waals surface area contributed by atoms with Crippen LogP contribution in [0.4, 0.5) is 4.79 Å². The van der Waals surface area contributed by atoms with Crippen LogP contribution >= 0.6 is 0 Å². The molecule has 1 aromatic carbocycles. The van der Waals surface area contributed by atoms with Crippen LogP contribution in [0.15, 0.2) is 30.3 Å². The first kappa shape index (κ1) is 18.2. The van der Waals surface area contributed by atoms with Crippen molar-refractivity contribution in [2.45, 2.75) is 45.3 Å². The fourth-order valence-electron chi connectivity index (χ4n) is 3.98. The highest BCUT2D eigenvalue weighted by molar-refractivity contribution is 5.74. The molecule has 2 aliphatic rings. The summed E-state index contributed by atoms with van der Waals surface area (Å²) >= 11 is 0. The topological polar surface area (TPSA) is 53.6 Å². The maximum Gasteiger partial charge on any atom is 0.315 e. The smallest absolute Gasteiger partial charge is 0.315 e. The zero-order chi connectivity index (χ0) is 17.6. The molecule has 0 spiro atoms. The van der Waals surface area contributed by atoms with E-state index in [0.29, 0.717) is 11.8 Å². The van der Waals surface area contributed by atoms with E-state index in [2.05, 4.69) is 53.6 Å².